The molecule has 0 atom stereocenters. The number of thioether (sulfide) groups is 1. The maximum absolute atomic E-state index is 13.3. The van der Waals surface area contributed by atoms with E-state index in [0.29, 0.717) is 27.4 Å². The van der Waals surface area contributed by atoms with Crippen LogP contribution in [0.5, 0.6) is 0 Å². The van der Waals surface area contributed by atoms with Crippen molar-refractivity contribution in [2.75, 3.05) is 11.1 Å². The van der Waals surface area contributed by atoms with Gasteiger partial charge in [-0.2, -0.15) is 0 Å². The number of para-hydroxylation sites is 1. The molecule has 0 aliphatic heterocycles. The maximum atomic E-state index is 13.3. The lowest BCUT2D eigenvalue weighted by molar-refractivity contribution is -0.113. The first kappa shape index (κ1) is 21.1. The summed E-state index contributed by atoms with van der Waals surface area (Å²) in [5.41, 5.74) is 2.48. The molecule has 4 aromatic rings. The number of carbonyl (C=O) groups is 1. The molecule has 0 unspecified atom stereocenters. The van der Waals surface area contributed by atoms with E-state index in [2.05, 4.69) is 10.3 Å². The fourth-order valence-corrected chi connectivity index (χ4v) is 4.02. The molecule has 0 radical (unpaired) electrons. The normalized spacial score (nSPS) is 10.9. The van der Waals surface area contributed by atoms with Crippen LogP contribution >= 0.6 is 23.4 Å². The van der Waals surface area contributed by atoms with Crippen molar-refractivity contribution in [1.82, 2.24) is 9.55 Å². The molecule has 0 fully saturated rings. The van der Waals surface area contributed by atoms with Crippen LogP contribution in [0.3, 0.4) is 0 Å². The van der Waals surface area contributed by atoms with Gasteiger partial charge in [-0.15, -0.1) is 0 Å². The van der Waals surface area contributed by atoms with Crippen molar-refractivity contribution in [3.05, 3.63) is 93.5 Å². The van der Waals surface area contributed by atoms with E-state index in [1.165, 1.54) is 22.8 Å². The summed E-state index contributed by atoms with van der Waals surface area (Å²) in [4.78, 5) is 30.3. The summed E-state index contributed by atoms with van der Waals surface area (Å²) in [5.74, 6) is -0.881. The van der Waals surface area contributed by atoms with Gasteiger partial charge in [0.25, 0.3) is 5.56 Å². The Hall–Kier alpha value is -3.16. The van der Waals surface area contributed by atoms with Gasteiger partial charge < -0.3 is 5.32 Å². The molecule has 156 valence electrons. The number of aromatic nitrogens is 2. The van der Waals surface area contributed by atoms with Crippen molar-refractivity contribution in [2.24, 2.45) is 0 Å². The van der Waals surface area contributed by atoms with Crippen LogP contribution in [0.25, 0.3) is 16.6 Å². The van der Waals surface area contributed by atoms with Crippen LogP contribution in [-0.2, 0) is 4.79 Å². The number of aryl methyl sites for hydroxylation is 1. The molecule has 0 saturated heterocycles. The molecule has 1 amide bonds. The van der Waals surface area contributed by atoms with E-state index in [-0.39, 0.29) is 22.2 Å². The van der Waals surface area contributed by atoms with Gasteiger partial charge in [-0.1, -0.05) is 53.2 Å². The Morgan fingerprint density at radius 2 is 1.87 bits per heavy atom. The van der Waals surface area contributed by atoms with E-state index in [9.17, 15) is 14.0 Å². The summed E-state index contributed by atoms with van der Waals surface area (Å²) in [6, 6.07) is 18.6. The fourth-order valence-electron chi connectivity index (χ4n) is 3.03. The summed E-state index contributed by atoms with van der Waals surface area (Å²) >= 11 is 6.91. The quantitative estimate of drug-likeness (QED) is 0.332. The maximum Gasteiger partial charge on any atom is 0.266 e. The lowest BCUT2D eigenvalue weighted by Crippen LogP contribution is -2.23. The second kappa shape index (κ2) is 8.91. The highest BCUT2D eigenvalue weighted by molar-refractivity contribution is 7.99. The number of hydrogen-bond acceptors (Lipinski definition) is 4. The molecule has 0 aliphatic rings. The average molecular weight is 454 g/mol. The second-order valence-corrected chi connectivity index (χ2v) is 8.20. The molecular weight excluding hydrogens is 437 g/mol. The van der Waals surface area contributed by atoms with Crippen molar-refractivity contribution in [2.45, 2.75) is 12.1 Å². The molecule has 1 heterocycles. The Morgan fingerprint density at radius 1 is 1.13 bits per heavy atom. The first-order valence-corrected chi connectivity index (χ1v) is 10.8. The zero-order valence-corrected chi connectivity index (χ0v) is 18.0. The number of amides is 1. The summed E-state index contributed by atoms with van der Waals surface area (Å²) in [5, 5.41) is 3.50. The van der Waals surface area contributed by atoms with Gasteiger partial charge in [-0.25, -0.2) is 9.37 Å². The molecule has 0 bridgehead atoms. The van der Waals surface area contributed by atoms with Gasteiger partial charge in [0.2, 0.25) is 5.91 Å². The molecule has 1 N–H and O–H groups in total. The van der Waals surface area contributed by atoms with Crippen molar-refractivity contribution in [3.63, 3.8) is 0 Å². The number of halogens is 2. The highest BCUT2D eigenvalue weighted by atomic mass is 35.5. The van der Waals surface area contributed by atoms with Gasteiger partial charge in [0.05, 0.1) is 27.4 Å². The summed E-state index contributed by atoms with van der Waals surface area (Å²) < 4.78 is 14.8. The van der Waals surface area contributed by atoms with E-state index in [1.807, 2.05) is 37.3 Å². The Bertz CT molecular complexity index is 1340. The van der Waals surface area contributed by atoms with Crippen molar-refractivity contribution in [3.8, 4) is 5.69 Å². The Balaban J connectivity index is 1.65. The topological polar surface area (TPSA) is 64.0 Å². The number of nitrogens with one attached hydrogen (secondary N) is 1. The van der Waals surface area contributed by atoms with Crippen LogP contribution in [0.15, 0.2) is 76.7 Å². The van der Waals surface area contributed by atoms with Gasteiger partial charge in [0.1, 0.15) is 5.82 Å². The van der Waals surface area contributed by atoms with Crippen LogP contribution in [0.2, 0.25) is 5.02 Å². The molecule has 3 aromatic carbocycles. The lowest BCUT2D eigenvalue weighted by atomic mass is 10.2. The number of carbonyl (C=O) groups excluding carboxylic acids is 1. The molecular formula is C23H17ClFN3O2S. The predicted molar refractivity (Wildman–Crippen MR) is 123 cm³/mol. The Kier molecular flexibility index (Phi) is 6.06. The number of fused-ring (bicyclic) bond motifs is 1. The molecule has 1 aromatic heterocycles. The van der Waals surface area contributed by atoms with E-state index >= 15 is 0 Å². The van der Waals surface area contributed by atoms with Crippen LogP contribution in [0.4, 0.5) is 10.1 Å². The van der Waals surface area contributed by atoms with Crippen molar-refractivity contribution >= 4 is 45.9 Å². The molecule has 0 saturated carbocycles. The fraction of sp³-hybridized carbons (Fsp3) is 0.0870. The molecule has 0 spiro atoms. The first-order chi connectivity index (χ1) is 14.9. The van der Waals surface area contributed by atoms with Gasteiger partial charge in [-0.3, -0.25) is 14.2 Å². The molecule has 4 rings (SSSR count). The number of benzene rings is 3. The van der Waals surface area contributed by atoms with Crippen LogP contribution in [0.1, 0.15) is 5.56 Å². The largest absolute Gasteiger partial charge is 0.325 e. The molecule has 0 aliphatic carbocycles. The smallest absolute Gasteiger partial charge is 0.266 e. The summed E-state index contributed by atoms with van der Waals surface area (Å²) in [6.45, 7) is 1.97. The van der Waals surface area contributed by atoms with Gasteiger partial charge in [-0.05, 0) is 49.4 Å². The zero-order chi connectivity index (χ0) is 22.0. The lowest BCUT2D eigenvalue weighted by Gasteiger charge is -2.13. The zero-order valence-electron chi connectivity index (χ0n) is 16.4. The average Bonchev–Trinajstić information content (AvgIpc) is 2.76. The van der Waals surface area contributed by atoms with Crippen LogP contribution in [-0.4, -0.2) is 21.2 Å². The monoisotopic (exact) mass is 453 g/mol. The Morgan fingerprint density at radius 3 is 2.61 bits per heavy atom. The Labute approximate surface area is 186 Å². The van der Waals surface area contributed by atoms with E-state index in [4.69, 9.17) is 11.6 Å². The SMILES string of the molecule is Cc1ccc(-n2c(SCC(=O)Nc3ccc(F)c(Cl)c3)nc3ccccc3c2=O)cc1. The van der Waals surface area contributed by atoms with E-state index in [1.54, 1.807) is 18.2 Å². The number of rotatable bonds is 5. The van der Waals surface area contributed by atoms with E-state index in [0.717, 1.165) is 17.3 Å². The third kappa shape index (κ3) is 4.62. The minimum Gasteiger partial charge on any atom is -0.325 e. The third-order valence-electron chi connectivity index (χ3n) is 4.57. The first-order valence-electron chi connectivity index (χ1n) is 9.39. The van der Waals surface area contributed by atoms with Crippen molar-refractivity contribution in [1.29, 1.82) is 0 Å². The number of nitrogens with zero attached hydrogens (tertiary/aromatic N) is 2. The number of hydrogen-bond donors (Lipinski definition) is 1. The molecule has 8 heteroatoms. The highest BCUT2D eigenvalue weighted by Crippen LogP contribution is 2.23. The number of anilines is 1. The van der Waals surface area contributed by atoms with Crippen molar-refractivity contribution < 1.29 is 9.18 Å². The van der Waals surface area contributed by atoms with E-state index < -0.39 is 5.82 Å². The third-order valence-corrected chi connectivity index (χ3v) is 5.80. The minimum atomic E-state index is -0.559. The summed E-state index contributed by atoms with van der Waals surface area (Å²) in [7, 11) is 0. The van der Waals surface area contributed by atoms with Gasteiger partial charge in [0.15, 0.2) is 5.16 Å². The molecule has 5 nitrogen and oxygen atoms in total. The van der Waals surface area contributed by atoms with Gasteiger partial charge in [0, 0.05) is 5.69 Å². The molecule has 31 heavy (non-hydrogen) atoms. The van der Waals surface area contributed by atoms with Crippen LogP contribution in [0, 0.1) is 12.7 Å². The predicted octanol–water partition coefficient (Wildman–Crippen LogP) is 5.22. The standard InChI is InChI=1S/C23H17ClFN3O2S/c1-14-6-9-16(10-7-14)28-22(30)17-4-2-3-5-20(17)27-23(28)31-13-21(29)26-15-8-11-19(25)18(24)12-15/h2-12H,13H2,1H3,(H,26,29). The second-order valence-electron chi connectivity index (χ2n) is 6.85. The summed E-state index contributed by atoms with van der Waals surface area (Å²) in [6.07, 6.45) is 0. The minimum absolute atomic E-state index is 0.00559. The van der Waals surface area contributed by atoms with Gasteiger partial charge >= 0.3 is 0 Å². The van der Waals surface area contributed by atoms with Crippen LogP contribution < -0.4 is 10.9 Å². The highest BCUT2D eigenvalue weighted by Gasteiger charge is 2.15.